The van der Waals surface area contributed by atoms with Gasteiger partial charge in [0.05, 0.1) is 6.54 Å². The maximum Gasteiger partial charge on any atom is 0.236 e. The van der Waals surface area contributed by atoms with Crippen LogP contribution < -0.4 is 5.32 Å². The van der Waals surface area contributed by atoms with Crippen LogP contribution in [0.1, 0.15) is 20.8 Å². The second-order valence-electron chi connectivity index (χ2n) is 2.56. The summed E-state index contributed by atoms with van der Waals surface area (Å²) in [5.74, 6) is 0.188. The molecule has 1 heterocycles. The van der Waals surface area contributed by atoms with E-state index in [4.69, 9.17) is 0 Å². The van der Waals surface area contributed by atoms with Crippen LogP contribution in [0.15, 0.2) is 0 Å². The van der Waals surface area contributed by atoms with Crippen LogP contribution in [0, 0.1) is 0 Å². The summed E-state index contributed by atoms with van der Waals surface area (Å²) in [5.41, 5.74) is 0. The first kappa shape index (κ1) is 10.4. The number of amides is 1. The zero-order chi connectivity index (χ0) is 8.85. The zero-order valence-electron chi connectivity index (χ0n) is 7.85. The maximum absolute atomic E-state index is 10.8. The van der Waals surface area contributed by atoms with Gasteiger partial charge in [0.25, 0.3) is 0 Å². The molecule has 0 aromatic heterocycles. The van der Waals surface area contributed by atoms with Crippen LogP contribution in [-0.4, -0.2) is 37.0 Å². The van der Waals surface area contributed by atoms with E-state index < -0.39 is 0 Å². The Morgan fingerprint density at radius 1 is 1.55 bits per heavy atom. The highest BCUT2D eigenvalue weighted by molar-refractivity contribution is 5.78. The fourth-order valence-electron chi connectivity index (χ4n) is 0.974. The average molecular weight is 158 g/mol. The van der Waals surface area contributed by atoms with Crippen molar-refractivity contribution >= 4 is 5.91 Å². The predicted octanol–water partition coefficient (Wildman–Crippen LogP) is 0.463. The summed E-state index contributed by atoms with van der Waals surface area (Å²) < 4.78 is 0. The summed E-state index contributed by atoms with van der Waals surface area (Å²) in [6.45, 7) is 7.40. The Kier molecular flexibility index (Phi) is 4.86. The molecule has 0 aromatic rings. The molecule has 0 spiro atoms. The molecule has 1 rings (SSSR count). The number of nitrogens with zero attached hydrogens (tertiary/aromatic N) is 1. The van der Waals surface area contributed by atoms with E-state index in [9.17, 15) is 4.79 Å². The molecule has 0 radical (unpaired) electrons. The van der Waals surface area contributed by atoms with Gasteiger partial charge in [-0.3, -0.25) is 4.79 Å². The lowest BCUT2D eigenvalue weighted by Crippen LogP contribution is -2.51. The van der Waals surface area contributed by atoms with Gasteiger partial charge >= 0.3 is 0 Å². The van der Waals surface area contributed by atoms with Gasteiger partial charge in [-0.2, -0.15) is 0 Å². The van der Waals surface area contributed by atoms with Crippen LogP contribution in [0.3, 0.4) is 0 Å². The predicted molar refractivity (Wildman–Crippen MR) is 46.4 cm³/mol. The van der Waals surface area contributed by atoms with E-state index in [-0.39, 0.29) is 5.91 Å². The van der Waals surface area contributed by atoms with Gasteiger partial charge in [-0.25, -0.2) is 0 Å². The summed E-state index contributed by atoms with van der Waals surface area (Å²) in [6.07, 6.45) is 0. The fourth-order valence-corrected chi connectivity index (χ4v) is 0.974. The van der Waals surface area contributed by atoms with Crippen LogP contribution in [0.25, 0.3) is 0 Å². The minimum atomic E-state index is 0.188. The number of likely N-dealkylation sites (N-methyl/N-ethyl adjacent to an activating group) is 1. The zero-order valence-corrected chi connectivity index (χ0v) is 7.85. The van der Waals surface area contributed by atoms with Gasteiger partial charge in [-0.15, -0.1) is 0 Å². The van der Waals surface area contributed by atoms with Gasteiger partial charge < -0.3 is 10.2 Å². The first-order chi connectivity index (χ1) is 5.20. The van der Waals surface area contributed by atoms with Crippen molar-refractivity contribution in [3.8, 4) is 0 Å². The number of piperazine rings is 1. The van der Waals surface area contributed by atoms with Crippen molar-refractivity contribution in [2.75, 3.05) is 20.1 Å². The smallest absolute Gasteiger partial charge is 0.236 e. The molecule has 1 aliphatic heterocycles. The van der Waals surface area contributed by atoms with Crippen molar-refractivity contribution < 1.29 is 4.79 Å². The van der Waals surface area contributed by atoms with E-state index in [0.717, 1.165) is 6.54 Å². The molecule has 0 bridgehead atoms. The standard InChI is InChI=1S/C6H12N2O.C2H6/c1-5-4-8(2)6(9)3-7-5;1-2/h5,7H,3-4H2,1-2H3;1-2H3/t5-;/m1./s1. The number of hydrogen-bond donors (Lipinski definition) is 1. The van der Waals surface area contributed by atoms with Gasteiger partial charge in [0.15, 0.2) is 0 Å². The second kappa shape index (κ2) is 5.13. The topological polar surface area (TPSA) is 32.3 Å². The molecule has 1 N–H and O–H groups in total. The summed E-state index contributed by atoms with van der Waals surface area (Å²) in [7, 11) is 1.83. The lowest BCUT2D eigenvalue weighted by molar-refractivity contribution is -0.131. The molecule has 0 aliphatic carbocycles. The van der Waals surface area contributed by atoms with Crippen molar-refractivity contribution in [2.45, 2.75) is 26.8 Å². The number of carbonyl (C=O) groups excluding carboxylic acids is 1. The van der Waals surface area contributed by atoms with Crippen molar-refractivity contribution in [1.29, 1.82) is 0 Å². The van der Waals surface area contributed by atoms with Gasteiger partial charge in [0, 0.05) is 19.6 Å². The van der Waals surface area contributed by atoms with Crippen LogP contribution in [-0.2, 0) is 4.79 Å². The molecule has 1 saturated heterocycles. The second-order valence-corrected chi connectivity index (χ2v) is 2.56. The third-order valence-corrected chi connectivity index (χ3v) is 1.58. The molecule has 1 amide bonds. The Hall–Kier alpha value is -0.570. The van der Waals surface area contributed by atoms with Crippen LogP contribution in [0.2, 0.25) is 0 Å². The van der Waals surface area contributed by atoms with E-state index in [0.29, 0.717) is 12.6 Å². The minimum absolute atomic E-state index is 0.188. The van der Waals surface area contributed by atoms with Crippen LogP contribution in [0.5, 0.6) is 0 Å². The molecule has 11 heavy (non-hydrogen) atoms. The van der Waals surface area contributed by atoms with E-state index in [1.165, 1.54) is 0 Å². The van der Waals surface area contributed by atoms with Crippen molar-refractivity contribution in [2.24, 2.45) is 0 Å². The van der Waals surface area contributed by atoms with Crippen molar-refractivity contribution in [3.05, 3.63) is 0 Å². The summed E-state index contributed by atoms with van der Waals surface area (Å²) in [4.78, 5) is 12.6. The Morgan fingerprint density at radius 2 is 2.09 bits per heavy atom. The summed E-state index contributed by atoms with van der Waals surface area (Å²) in [6, 6.07) is 0.452. The summed E-state index contributed by atoms with van der Waals surface area (Å²) in [5, 5.41) is 3.07. The molecule has 1 fully saturated rings. The Labute approximate surface area is 68.8 Å². The van der Waals surface area contributed by atoms with Gasteiger partial charge in [0.1, 0.15) is 0 Å². The molecule has 3 nitrogen and oxygen atoms in total. The highest BCUT2D eigenvalue weighted by atomic mass is 16.2. The maximum atomic E-state index is 10.8. The number of rotatable bonds is 0. The number of carbonyl (C=O) groups is 1. The highest BCUT2D eigenvalue weighted by Gasteiger charge is 2.17. The molecule has 66 valence electrons. The average Bonchev–Trinajstić information content (AvgIpc) is 2.02. The van der Waals surface area contributed by atoms with Gasteiger partial charge in [0.2, 0.25) is 5.91 Å². The molecular weight excluding hydrogens is 140 g/mol. The Morgan fingerprint density at radius 3 is 2.45 bits per heavy atom. The molecule has 1 atom stereocenters. The monoisotopic (exact) mass is 158 g/mol. The third kappa shape index (κ3) is 3.37. The van der Waals surface area contributed by atoms with Crippen LogP contribution in [0.4, 0.5) is 0 Å². The van der Waals surface area contributed by atoms with Crippen molar-refractivity contribution in [3.63, 3.8) is 0 Å². The van der Waals surface area contributed by atoms with Crippen LogP contribution >= 0.6 is 0 Å². The number of nitrogens with one attached hydrogen (secondary N) is 1. The van der Waals surface area contributed by atoms with E-state index in [1.807, 2.05) is 20.9 Å². The summed E-state index contributed by atoms with van der Waals surface area (Å²) >= 11 is 0. The third-order valence-electron chi connectivity index (χ3n) is 1.58. The fraction of sp³-hybridized carbons (Fsp3) is 0.875. The van der Waals surface area contributed by atoms with E-state index >= 15 is 0 Å². The number of hydrogen-bond acceptors (Lipinski definition) is 2. The lowest BCUT2D eigenvalue weighted by Gasteiger charge is -2.28. The Balaban J connectivity index is 0.000000461. The van der Waals surface area contributed by atoms with E-state index in [1.54, 1.807) is 4.90 Å². The molecule has 1 aliphatic rings. The SMILES string of the molecule is CC.C[C@@H]1CN(C)C(=O)CN1. The van der Waals surface area contributed by atoms with Gasteiger partial charge in [-0.1, -0.05) is 13.8 Å². The first-order valence-electron chi connectivity index (χ1n) is 4.17. The lowest BCUT2D eigenvalue weighted by atomic mass is 10.2. The largest absolute Gasteiger partial charge is 0.343 e. The van der Waals surface area contributed by atoms with Gasteiger partial charge in [-0.05, 0) is 6.92 Å². The highest BCUT2D eigenvalue weighted by Crippen LogP contribution is 1.94. The Bertz CT molecular complexity index is 125. The minimum Gasteiger partial charge on any atom is -0.343 e. The molecule has 0 unspecified atom stereocenters. The quantitative estimate of drug-likeness (QED) is 0.555. The van der Waals surface area contributed by atoms with E-state index in [2.05, 4.69) is 12.2 Å². The first-order valence-corrected chi connectivity index (χ1v) is 4.17. The molecular formula is C8H18N2O. The van der Waals surface area contributed by atoms with Crippen molar-refractivity contribution in [1.82, 2.24) is 10.2 Å². The molecule has 3 heteroatoms. The normalized spacial score (nSPS) is 24.2. The molecule has 0 aromatic carbocycles. The molecule has 0 saturated carbocycles.